The number of carboxylic acid groups (broad SMARTS) is 1. The molecule has 10 heteroatoms. The molecule has 3 aromatic rings. The Morgan fingerprint density at radius 1 is 0.892 bits per heavy atom. The minimum Gasteiger partial charge on any atom is -0.480 e. The molecule has 1 aliphatic heterocycles. The van der Waals surface area contributed by atoms with Gasteiger partial charge in [0.2, 0.25) is 10.0 Å². The van der Waals surface area contributed by atoms with Gasteiger partial charge < -0.3 is 9.84 Å². The third-order valence-corrected chi connectivity index (χ3v) is 7.21. The summed E-state index contributed by atoms with van der Waals surface area (Å²) in [4.78, 5) is 38.7. The van der Waals surface area contributed by atoms with E-state index >= 15 is 0 Å². The molecule has 0 aliphatic carbocycles. The molecule has 0 radical (unpaired) electrons. The number of benzene rings is 3. The van der Waals surface area contributed by atoms with Crippen molar-refractivity contribution in [3.05, 3.63) is 89.0 Å². The Hall–Kier alpha value is -4.18. The summed E-state index contributed by atoms with van der Waals surface area (Å²) in [7, 11) is -4.05. The number of anilines is 1. The summed E-state index contributed by atoms with van der Waals surface area (Å²) in [6.07, 6.45) is 0.610. The lowest BCUT2D eigenvalue weighted by Gasteiger charge is -2.29. The van der Waals surface area contributed by atoms with Crippen molar-refractivity contribution in [1.82, 2.24) is 4.90 Å². The molecule has 1 unspecified atom stereocenters. The van der Waals surface area contributed by atoms with Gasteiger partial charge in [0.05, 0.1) is 23.1 Å². The number of amides is 2. The van der Waals surface area contributed by atoms with Crippen molar-refractivity contribution in [2.24, 2.45) is 0 Å². The number of aryl methyl sites for hydroxylation is 2. The van der Waals surface area contributed by atoms with Crippen molar-refractivity contribution < 1.29 is 32.6 Å². The fourth-order valence-electron chi connectivity index (χ4n) is 4.21. The van der Waals surface area contributed by atoms with Crippen LogP contribution < -0.4 is 9.04 Å². The molecule has 9 nitrogen and oxygen atoms in total. The summed E-state index contributed by atoms with van der Waals surface area (Å²) in [5.41, 5.74) is 2.49. The predicted octanol–water partition coefficient (Wildman–Crippen LogP) is 4.00. The van der Waals surface area contributed by atoms with Crippen molar-refractivity contribution >= 4 is 33.5 Å². The highest BCUT2D eigenvalue weighted by molar-refractivity contribution is 7.92. The minimum atomic E-state index is -4.05. The Bertz CT molecular complexity index is 1470. The molecule has 0 aromatic heterocycles. The van der Waals surface area contributed by atoms with E-state index in [4.69, 9.17) is 4.74 Å². The van der Waals surface area contributed by atoms with E-state index in [0.717, 1.165) is 26.6 Å². The number of hydrogen-bond donors (Lipinski definition) is 1. The van der Waals surface area contributed by atoms with Gasteiger partial charge in [0.15, 0.2) is 0 Å². The number of nitrogens with zero attached hydrogens (tertiary/aromatic N) is 2. The molecule has 4 rings (SSSR count). The molecule has 192 valence electrons. The van der Waals surface area contributed by atoms with Crippen LogP contribution in [0.1, 0.15) is 38.3 Å². The summed E-state index contributed by atoms with van der Waals surface area (Å²) in [6.45, 7) is 3.48. The SMILES string of the molecule is Cc1ccc(Oc2ccc(N(C(CCN3C(=O)c4ccc(C)cc4C3=O)C(=O)O)S(C)(=O)=O)cc2)cc1. The largest absolute Gasteiger partial charge is 0.480 e. The summed E-state index contributed by atoms with van der Waals surface area (Å²) in [5, 5.41) is 9.94. The van der Waals surface area contributed by atoms with E-state index in [1.165, 1.54) is 12.1 Å². The average Bonchev–Trinajstić information content (AvgIpc) is 3.06. The van der Waals surface area contributed by atoms with Crippen LogP contribution in [0.2, 0.25) is 0 Å². The molecule has 1 N–H and O–H groups in total. The van der Waals surface area contributed by atoms with Crippen molar-refractivity contribution in [2.75, 3.05) is 17.1 Å². The molecular weight excluding hydrogens is 496 g/mol. The number of aliphatic carboxylic acids is 1. The Kier molecular flexibility index (Phi) is 7.04. The second-order valence-electron chi connectivity index (χ2n) is 8.92. The van der Waals surface area contributed by atoms with Gasteiger partial charge in [-0.15, -0.1) is 0 Å². The molecule has 37 heavy (non-hydrogen) atoms. The maximum Gasteiger partial charge on any atom is 0.327 e. The molecule has 1 heterocycles. The number of ether oxygens (including phenoxy) is 1. The molecule has 0 bridgehead atoms. The first kappa shape index (κ1) is 25.9. The lowest BCUT2D eigenvalue weighted by atomic mass is 10.1. The summed E-state index contributed by atoms with van der Waals surface area (Å²) < 4.78 is 32.0. The lowest BCUT2D eigenvalue weighted by Crippen LogP contribution is -2.47. The van der Waals surface area contributed by atoms with Gasteiger partial charge in [-0.1, -0.05) is 29.3 Å². The number of sulfonamides is 1. The fourth-order valence-corrected chi connectivity index (χ4v) is 5.37. The molecular formula is C27H26N2O7S. The van der Waals surface area contributed by atoms with Crippen molar-refractivity contribution in [2.45, 2.75) is 26.3 Å². The first-order valence-corrected chi connectivity index (χ1v) is 13.3. The molecule has 1 aliphatic rings. The normalized spacial score (nSPS) is 13.9. The Morgan fingerprint density at radius 3 is 2.00 bits per heavy atom. The fraction of sp³-hybridized carbons (Fsp3) is 0.222. The van der Waals surface area contributed by atoms with E-state index in [9.17, 15) is 27.9 Å². The van der Waals surface area contributed by atoms with Gasteiger partial charge in [-0.2, -0.15) is 0 Å². The van der Waals surface area contributed by atoms with E-state index in [1.54, 1.807) is 49.4 Å². The second-order valence-corrected chi connectivity index (χ2v) is 10.8. The quantitative estimate of drug-likeness (QED) is 0.422. The lowest BCUT2D eigenvalue weighted by molar-refractivity contribution is -0.138. The van der Waals surface area contributed by atoms with Gasteiger partial charge in [0.1, 0.15) is 17.5 Å². The predicted molar refractivity (Wildman–Crippen MR) is 138 cm³/mol. The summed E-state index contributed by atoms with van der Waals surface area (Å²) in [5.74, 6) is -1.44. The highest BCUT2D eigenvalue weighted by atomic mass is 32.2. The summed E-state index contributed by atoms with van der Waals surface area (Å²) in [6, 6.07) is 16.7. The number of fused-ring (bicyclic) bond motifs is 1. The van der Waals surface area contributed by atoms with E-state index in [1.807, 2.05) is 19.1 Å². The van der Waals surface area contributed by atoms with Gasteiger partial charge in [-0.05, 0) is 68.8 Å². The molecule has 2 amide bonds. The number of rotatable bonds is 9. The zero-order valence-corrected chi connectivity index (χ0v) is 21.4. The maximum atomic E-state index is 12.8. The van der Waals surface area contributed by atoms with Crippen LogP contribution in [0, 0.1) is 13.8 Å². The van der Waals surface area contributed by atoms with Crippen LogP contribution in [-0.2, 0) is 14.8 Å². The number of carbonyl (C=O) groups excluding carboxylic acids is 2. The third kappa shape index (κ3) is 5.49. The monoisotopic (exact) mass is 522 g/mol. The van der Waals surface area contributed by atoms with E-state index in [-0.39, 0.29) is 29.8 Å². The Morgan fingerprint density at radius 2 is 1.43 bits per heavy atom. The van der Waals surface area contributed by atoms with Crippen molar-refractivity contribution in [3.8, 4) is 11.5 Å². The maximum absolute atomic E-state index is 12.8. The second kappa shape index (κ2) is 10.1. The zero-order chi connectivity index (χ0) is 26.9. The van der Waals surface area contributed by atoms with Crippen LogP contribution in [0.25, 0.3) is 0 Å². The smallest absolute Gasteiger partial charge is 0.327 e. The molecule has 1 atom stereocenters. The average molecular weight is 523 g/mol. The highest BCUT2D eigenvalue weighted by Gasteiger charge is 2.38. The first-order chi connectivity index (χ1) is 17.5. The van der Waals surface area contributed by atoms with Crippen LogP contribution in [0.5, 0.6) is 11.5 Å². The number of carboxylic acids is 1. The van der Waals surface area contributed by atoms with E-state index in [2.05, 4.69) is 0 Å². The van der Waals surface area contributed by atoms with Crippen LogP contribution in [0.15, 0.2) is 66.7 Å². The number of hydrogen-bond acceptors (Lipinski definition) is 6. The summed E-state index contributed by atoms with van der Waals surface area (Å²) >= 11 is 0. The third-order valence-electron chi connectivity index (χ3n) is 6.03. The van der Waals surface area contributed by atoms with E-state index < -0.39 is 33.8 Å². The van der Waals surface area contributed by atoms with Gasteiger partial charge in [0.25, 0.3) is 11.8 Å². The first-order valence-electron chi connectivity index (χ1n) is 11.5. The number of imide groups is 1. The topological polar surface area (TPSA) is 121 Å². The van der Waals surface area contributed by atoms with E-state index in [0.29, 0.717) is 11.5 Å². The van der Waals surface area contributed by atoms with Crippen molar-refractivity contribution in [1.29, 1.82) is 0 Å². The standard InChI is InChI=1S/C27H26N2O7S/c1-17-4-9-20(10-5-17)36-21-11-7-19(8-12-21)29(37(3,34)35)24(27(32)33)14-15-28-25(30)22-13-6-18(2)16-23(22)26(28)31/h4-13,16,24H,14-15H2,1-3H3,(H,32,33). The molecule has 0 saturated carbocycles. The van der Waals surface area contributed by atoms with Crippen LogP contribution in [-0.4, -0.2) is 55.1 Å². The highest BCUT2D eigenvalue weighted by Crippen LogP contribution is 2.29. The molecule has 3 aromatic carbocycles. The van der Waals surface area contributed by atoms with Gasteiger partial charge in [-0.3, -0.25) is 18.8 Å². The van der Waals surface area contributed by atoms with Crippen LogP contribution in [0.4, 0.5) is 5.69 Å². The zero-order valence-electron chi connectivity index (χ0n) is 20.5. The molecule has 0 saturated heterocycles. The van der Waals surface area contributed by atoms with Crippen molar-refractivity contribution in [3.63, 3.8) is 0 Å². The Balaban J connectivity index is 1.55. The van der Waals surface area contributed by atoms with Gasteiger partial charge in [-0.25, -0.2) is 13.2 Å². The van der Waals surface area contributed by atoms with Gasteiger partial charge in [0, 0.05) is 6.54 Å². The van der Waals surface area contributed by atoms with Crippen LogP contribution in [0.3, 0.4) is 0 Å². The minimum absolute atomic E-state index is 0.115. The Labute approximate surface area is 214 Å². The molecule has 0 spiro atoms. The molecule has 0 fully saturated rings. The van der Waals surface area contributed by atoms with Crippen LogP contribution >= 0.6 is 0 Å². The number of carbonyl (C=O) groups is 3. The van der Waals surface area contributed by atoms with Gasteiger partial charge >= 0.3 is 5.97 Å².